The maximum atomic E-state index is 5.19. The Morgan fingerprint density at radius 1 is 1.40 bits per heavy atom. The van der Waals surface area contributed by atoms with Gasteiger partial charge in [0.15, 0.2) is 0 Å². The molecule has 0 aromatic heterocycles. The third-order valence-electron chi connectivity index (χ3n) is 1.71. The van der Waals surface area contributed by atoms with Crippen LogP contribution in [0.5, 0.6) is 0 Å². The Labute approximate surface area is 61.1 Å². The fraction of sp³-hybridized carbons (Fsp3) is 1.00. The lowest BCUT2D eigenvalue weighted by Gasteiger charge is -2.22. The smallest absolute Gasteiger partial charge is 0.0589 e. The van der Waals surface area contributed by atoms with Crippen LogP contribution in [0.1, 0.15) is 12.8 Å². The predicted octanol–water partition coefficient (Wildman–Crippen LogP) is -0.824. The van der Waals surface area contributed by atoms with Gasteiger partial charge in [-0.05, 0) is 12.8 Å². The van der Waals surface area contributed by atoms with E-state index in [2.05, 4.69) is 10.7 Å². The van der Waals surface area contributed by atoms with Crippen LogP contribution in [0.2, 0.25) is 0 Å². The summed E-state index contributed by atoms with van der Waals surface area (Å²) >= 11 is 0. The molecule has 4 heteroatoms. The van der Waals surface area contributed by atoms with Gasteiger partial charge in [0, 0.05) is 19.3 Å². The molecule has 0 aromatic carbocycles. The van der Waals surface area contributed by atoms with E-state index in [1.54, 1.807) is 0 Å². The highest BCUT2D eigenvalue weighted by Gasteiger charge is 2.11. The summed E-state index contributed by atoms with van der Waals surface area (Å²) in [6.45, 7) is 2.44. The Kier molecular flexibility index (Phi) is 3.67. The van der Waals surface area contributed by atoms with E-state index in [9.17, 15) is 0 Å². The number of hydrogen-bond donors (Lipinski definition) is 3. The summed E-state index contributed by atoms with van der Waals surface area (Å²) in [4.78, 5) is 0. The first-order valence-electron chi connectivity index (χ1n) is 3.68. The first-order chi connectivity index (χ1) is 4.93. The molecule has 0 unspecified atom stereocenters. The standard InChI is InChI=1S/C6H15N3O/c7-9-5-8-6-1-3-10-4-2-6/h6,8-9H,1-5,7H2. The maximum absolute atomic E-state index is 5.19. The Balaban J connectivity index is 2.02. The van der Waals surface area contributed by atoms with Crippen LogP contribution < -0.4 is 16.6 Å². The van der Waals surface area contributed by atoms with Crippen molar-refractivity contribution < 1.29 is 4.74 Å². The minimum Gasteiger partial charge on any atom is -0.381 e. The number of nitrogens with two attached hydrogens (primary N) is 1. The molecule has 0 spiro atoms. The summed E-state index contributed by atoms with van der Waals surface area (Å²) in [5.41, 5.74) is 2.56. The lowest BCUT2D eigenvalue weighted by molar-refractivity contribution is 0.0775. The number of hydrazine groups is 1. The molecule has 0 atom stereocenters. The highest BCUT2D eigenvalue weighted by Crippen LogP contribution is 2.04. The van der Waals surface area contributed by atoms with E-state index in [0.29, 0.717) is 12.7 Å². The zero-order chi connectivity index (χ0) is 7.23. The molecule has 0 radical (unpaired) electrons. The Morgan fingerprint density at radius 3 is 2.70 bits per heavy atom. The van der Waals surface area contributed by atoms with Crippen molar-refractivity contribution >= 4 is 0 Å². The number of ether oxygens (including phenoxy) is 1. The average Bonchev–Trinajstić information content (AvgIpc) is 2.03. The Morgan fingerprint density at radius 2 is 2.10 bits per heavy atom. The van der Waals surface area contributed by atoms with Crippen LogP contribution in [-0.4, -0.2) is 25.9 Å². The highest BCUT2D eigenvalue weighted by atomic mass is 16.5. The third-order valence-corrected chi connectivity index (χ3v) is 1.71. The van der Waals surface area contributed by atoms with Crippen LogP contribution >= 0.6 is 0 Å². The maximum Gasteiger partial charge on any atom is 0.0589 e. The van der Waals surface area contributed by atoms with Gasteiger partial charge in [-0.25, -0.2) is 5.43 Å². The minimum atomic E-state index is 0.588. The Hall–Kier alpha value is -0.160. The second kappa shape index (κ2) is 4.62. The quantitative estimate of drug-likeness (QED) is 0.276. The summed E-state index contributed by atoms with van der Waals surface area (Å²) in [6, 6.07) is 0.588. The van der Waals surface area contributed by atoms with Crippen LogP contribution in [0, 0.1) is 0 Å². The largest absolute Gasteiger partial charge is 0.381 e. The number of nitrogens with one attached hydrogen (secondary N) is 2. The normalized spacial score (nSPS) is 21.3. The van der Waals surface area contributed by atoms with Gasteiger partial charge in [0.1, 0.15) is 0 Å². The molecule has 1 heterocycles. The molecule has 60 valence electrons. The predicted molar refractivity (Wildman–Crippen MR) is 39.2 cm³/mol. The Bertz CT molecular complexity index is 83.1. The van der Waals surface area contributed by atoms with Crippen molar-refractivity contribution in [1.29, 1.82) is 0 Å². The molecule has 1 saturated heterocycles. The van der Waals surface area contributed by atoms with Gasteiger partial charge in [-0.3, -0.25) is 5.84 Å². The molecule has 1 fully saturated rings. The van der Waals surface area contributed by atoms with Gasteiger partial charge in [-0.2, -0.15) is 0 Å². The lowest BCUT2D eigenvalue weighted by atomic mass is 10.1. The SMILES string of the molecule is NNCNC1CCOCC1. The van der Waals surface area contributed by atoms with Crippen LogP contribution in [0.25, 0.3) is 0 Å². The first-order valence-corrected chi connectivity index (χ1v) is 3.68. The molecule has 1 aliphatic rings. The van der Waals surface area contributed by atoms with Crippen molar-refractivity contribution in [3.63, 3.8) is 0 Å². The molecule has 0 aromatic rings. The van der Waals surface area contributed by atoms with Gasteiger partial charge in [0.2, 0.25) is 0 Å². The van der Waals surface area contributed by atoms with Crippen LogP contribution in [-0.2, 0) is 4.74 Å². The molecule has 1 aliphatic heterocycles. The van der Waals surface area contributed by atoms with Gasteiger partial charge in [0.25, 0.3) is 0 Å². The van der Waals surface area contributed by atoms with E-state index in [1.807, 2.05) is 0 Å². The van der Waals surface area contributed by atoms with Crippen molar-refractivity contribution in [2.24, 2.45) is 5.84 Å². The second-order valence-electron chi connectivity index (χ2n) is 2.47. The fourth-order valence-corrected chi connectivity index (χ4v) is 1.10. The van der Waals surface area contributed by atoms with Crippen LogP contribution in [0.3, 0.4) is 0 Å². The fourth-order valence-electron chi connectivity index (χ4n) is 1.10. The summed E-state index contributed by atoms with van der Waals surface area (Å²) in [6.07, 6.45) is 2.20. The first kappa shape index (κ1) is 7.94. The van der Waals surface area contributed by atoms with E-state index >= 15 is 0 Å². The van der Waals surface area contributed by atoms with Crippen molar-refractivity contribution in [3.8, 4) is 0 Å². The molecule has 0 bridgehead atoms. The van der Waals surface area contributed by atoms with Crippen molar-refractivity contribution in [3.05, 3.63) is 0 Å². The second-order valence-corrected chi connectivity index (χ2v) is 2.47. The summed E-state index contributed by atoms with van der Waals surface area (Å²) in [5.74, 6) is 5.10. The summed E-state index contributed by atoms with van der Waals surface area (Å²) < 4.78 is 5.19. The molecule has 4 N–H and O–H groups in total. The van der Waals surface area contributed by atoms with E-state index in [4.69, 9.17) is 10.6 Å². The van der Waals surface area contributed by atoms with Gasteiger partial charge < -0.3 is 10.1 Å². The molecule has 0 amide bonds. The van der Waals surface area contributed by atoms with Gasteiger partial charge in [0.05, 0.1) is 6.67 Å². The monoisotopic (exact) mass is 145 g/mol. The van der Waals surface area contributed by atoms with E-state index in [0.717, 1.165) is 26.1 Å². The third kappa shape index (κ3) is 2.62. The molecule has 1 rings (SSSR count). The van der Waals surface area contributed by atoms with Crippen LogP contribution in [0.15, 0.2) is 0 Å². The van der Waals surface area contributed by atoms with Crippen LogP contribution in [0.4, 0.5) is 0 Å². The molecule has 4 nitrogen and oxygen atoms in total. The summed E-state index contributed by atoms with van der Waals surface area (Å²) in [7, 11) is 0. The molecular formula is C6H15N3O. The lowest BCUT2D eigenvalue weighted by Crippen LogP contribution is -2.42. The van der Waals surface area contributed by atoms with Gasteiger partial charge in [-0.15, -0.1) is 0 Å². The number of hydrogen-bond acceptors (Lipinski definition) is 4. The number of rotatable bonds is 3. The van der Waals surface area contributed by atoms with E-state index in [-0.39, 0.29) is 0 Å². The average molecular weight is 145 g/mol. The topological polar surface area (TPSA) is 59.3 Å². The summed E-state index contributed by atoms with van der Waals surface area (Å²) in [5, 5.41) is 3.26. The van der Waals surface area contributed by atoms with Gasteiger partial charge in [-0.1, -0.05) is 0 Å². The molecule has 10 heavy (non-hydrogen) atoms. The molecule has 0 saturated carbocycles. The molecule has 0 aliphatic carbocycles. The zero-order valence-electron chi connectivity index (χ0n) is 6.10. The van der Waals surface area contributed by atoms with E-state index in [1.165, 1.54) is 0 Å². The van der Waals surface area contributed by atoms with Crippen molar-refractivity contribution in [1.82, 2.24) is 10.7 Å². The van der Waals surface area contributed by atoms with E-state index < -0.39 is 0 Å². The zero-order valence-corrected chi connectivity index (χ0v) is 6.10. The molecular weight excluding hydrogens is 130 g/mol. The van der Waals surface area contributed by atoms with Gasteiger partial charge >= 0.3 is 0 Å². The highest BCUT2D eigenvalue weighted by molar-refractivity contribution is 4.68. The minimum absolute atomic E-state index is 0.588. The van der Waals surface area contributed by atoms with Crippen molar-refractivity contribution in [2.45, 2.75) is 18.9 Å². The van der Waals surface area contributed by atoms with Crippen molar-refractivity contribution in [2.75, 3.05) is 19.9 Å².